The molecule has 0 aliphatic rings. The van der Waals surface area contributed by atoms with E-state index in [-0.39, 0.29) is 0 Å². The molecule has 1 aromatic heterocycles. The SMILES string of the molecule is Fc1cc(F)c2[nH]cc(CCNCCOc3ccccc3)c2c1. The molecule has 0 saturated heterocycles. The molecule has 0 atom stereocenters. The average Bonchev–Trinajstić information content (AvgIpc) is 2.95. The first kappa shape index (κ1) is 15.5. The lowest BCUT2D eigenvalue weighted by Crippen LogP contribution is -2.23. The van der Waals surface area contributed by atoms with E-state index in [0.29, 0.717) is 37.0 Å². The molecule has 0 spiro atoms. The van der Waals surface area contributed by atoms with Gasteiger partial charge in [-0.25, -0.2) is 8.78 Å². The summed E-state index contributed by atoms with van der Waals surface area (Å²) < 4.78 is 32.5. The summed E-state index contributed by atoms with van der Waals surface area (Å²) in [7, 11) is 0. The van der Waals surface area contributed by atoms with Gasteiger partial charge in [-0.05, 0) is 36.7 Å². The zero-order valence-corrected chi connectivity index (χ0v) is 12.6. The minimum absolute atomic E-state index is 0.355. The van der Waals surface area contributed by atoms with Crippen LogP contribution in [-0.2, 0) is 6.42 Å². The van der Waals surface area contributed by atoms with Gasteiger partial charge >= 0.3 is 0 Å². The Morgan fingerprint density at radius 3 is 2.70 bits per heavy atom. The van der Waals surface area contributed by atoms with E-state index in [0.717, 1.165) is 17.4 Å². The van der Waals surface area contributed by atoms with E-state index in [2.05, 4.69) is 10.3 Å². The second-order valence-corrected chi connectivity index (χ2v) is 5.29. The molecule has 0 aliphatic carbocycles. The van der Waals surface area contributed by atoms with Crippen molar-refractivity contribution in [2.45, 2.75) is 6.42 Å². The summed E-state index contributed by atoms with van der Waals surface area (Å²) in [6, 6.07) is 11.9. The third-order valence-corrected chi connectivity index (χ3v) is 3.65. The maximum atomic E-state index is 13.6. The Balaban J connectivity index is 1.46. The molecule has 3 aromatic rings. The van der Waals surface area contributed by atoms with Crippen molar-refractivity contribution in [1.29, 1.82) is 0 Å². The molecule has 5 heteroatoms. The number of benzene rings is 2. The standard InChI is InChI=1S/C18H18F2N2O/c19-14-10-16-13(12-22-18(16)17(20)11-14)6-7-21-8-9-23-15-4-2-1-3-5-15/h1-5,10-12,21-22H,6-9H2. The molecule has 0 aliphatic heterocycles. The zero-order chi connectivity index (χ0) is 16.1. The van der Waals surface area contributed by atoms with Crippen molar-refractivity contribution in [2.24, 2.45) is 0 Å². The maximum Gasteiger partial charge on any atom is 0.150 e. The highest BCUT2D eigenvalue weighted by Gasteiger charge is 2.09. The van der Waals surface area contributed by atoms with Crippen LogP contribution < -0.4 is 10.1 Å². The minimum Gasteiger partial charge on any atom is -0.492 e. The zero-order valence-electron chi connectivity index (χ0n) is 12.6. The molecule has 3 nitrogen and oxygen atoms in total. The first-order valence-electron chi connectivity index (χ1n) is 7.57. The van der Waals surface area contributed by atoms with Gasteiger partial charge < -0.3 is 15.0 Å². The normalized spacial score (nSPS) is 11.0. The van der Waals surface area contributed by atoms with Gasteiger partial charge in [0.25, 0.3) is 0 Å². The van der Waals surface area contributed by atoms with Gasteiger partial charge in [0.1, 0.15) is 24.0 Å². The Labute approximate surface area is 133 Å². The molecular formula is C18H18F2N2O. The Morgan fingerprint density at radius 1 is 1.04 bits per heavy atom. The van der Waals surface area contributed by atoms with Crippen molar-refractivity contribution in [2.75, 3.05) is 19.7 Å². The lowest BCUT2D eigenvalue weighted by atomic mass is 10.1. The smallest absolute Gasteiger partial charge is 0.150 e. The number of ether oxygens (including phenoxy) is 1. The predicted molar refractivity (Wildman–Crippen MR) is 86.7 cm³/mol. The van der Waals surface area contributed by atoms with Crippen molar-refractivity contribution in [3.05, 3.63) is 65.9 Å². The summed E-state index contributed by atoms with van der Waals surface area (Å²) in [6.45, 7) is 1.99. The number of aromatic amines is 1. The number of aromatic nitrogens is 1. The molecule has 2 aromatic carbocycles. The highest BCUT2D eigenvalue weighted by Crippen LogP contribution is 2.22. The lowest BCUT2D eigenvalue weighted by molar-refractivity contribution is 0.314. The summed E-state index contributed by atoms with van der Waals surface area (Å²) in [5.41, 5.74) is 1.25. The van der Waals surface area contributed by atoms with Crippen LogP contribution in [0.3, 0.4) is 0 Å². The van der Waals surface area contributed by atoms with Crippen LogP contribution in [0.2, 0.25) is 0 Å². The van der Waals surface area contributed by atoms with Gasteiger partial charge in [-0.2, -0.15) is 0 Å². The number of nitrogens with one attached hydrogen (secondary N) is 2. The number of H-pyrrole nitrogens is 1. The Hall–Kier alpha value is -2.40. The van der Waals surface area contributed by atoms with Gasteiger partial charge in [0.15, 0.2) is 0 Å². The van der Waals surface area contributed by atoms with Crippen LogP contribution in [-0.4, -0.2) is 24.7 Å². The second kappa shape index (κ2) is 7.24. The fraction of sp³-hybridized carbons (Fsp3) is 0.222. The molecule has 0 amide bonds. The molecule has 0 saturated carbocycles. The number of fused-ring (bicyclic) bond motifs is 1. The summed E-state index contributed by atoms with van der Waals surface area (Å²) in [6.07, 6.45) is 2.42. The third kappa shape index (κ3) is 3.87. The molecule has 0 radical (unpaired) electrons. The Morgan fingerprint density at radius 2 is 1.87 bits per heavy atom. The average molecular weight is 316 g/mol. The molecule has 0 unspecified atom stereocenters. The van der Waals surface area contributed by atoms with Crippen molar-refractivity contribution >= 4 is 10.9 Å². The quantitative estimate of drug-likeness (QED) is 0.653. The Bertz CT molecular complexity index is 771. The maximum absolute atomic E-state index is 13.6. The van der Waals surface area contributed by atoms with Crippen LogP contribution in [0.15, 0.2) is 48.7 Å². The van der Waals surface area contributed by atoms with Crippen molar-refractivity contribution < 1.29 is 13.5 Å². The molecule has 1 heterocycles. The van der Waals surface area contributed by atoms with E-state index in [1.807, 2.05) is 30.3 Å². The summed E-state index contributed by atoms with van der Waals surface area (Å²) in [5.74, 6) is -0.271. The van der Waals surface area contributed by atoms with E-state index in [9.17, 15) is 8.78 Å². The first-order valence-corrected chi connectivity index (χ1v) is 7.57. The highest BCUT2D eigenvalue weighted by atomic mass is 19.1. The van der Waals surface area contributed by atoms with E-state index >= 15 is 0 Å². The van der Waals surface area contributed by atoms with E-state index in [1.165, 1.54) is 6.07 Å². The van der Waals surface area contributed by atoms with Gasteiger partial charge in [0.05, 0.1) is 5.52 Å². The van der Waals surface area contributed by atoms with Crippen LogP contribution in [0.1, 0.15) is 5.56 Å². The fourth-order valence-electron chi connectivity index (χ4n) is 2.52. The van der Waals surface area contributed by atoms with Crippen LogP contribution in [0.4, 0.5) is 8.78 Å². The van der Waals surface area contributed by atoms with Crippen LogP contribution in [0, 0.1) is 11.6 Å². The lowest BCUT2D eigenvalue weighted by Gasteiger charge is -2.07. The molecule has 0 fully saturated rings. The summed E-state index contributed by atoms with van der Waals surface area (Å²) >= 11 is 0. The van der Waals surface area contributed by atoms with E-state index < -0.39 is 11.6 Å². The number of hydrogen-bond acceptors (Lipinski definition) is 2. The topological polar surface area (TPSA) is 37.0 Å². The molecular weight excluding hydrogens is 298 g/mol. The van der Waals surface area contributed by atoms with Crippen molar-refractivity contribution in [3.8, 4) is 5.75 Å². The number of halogens is 2. The fourth-order valence-corrected chi connectivity index (χ4v) is 2.52. The van der Waals surface area contributed by atoms with Gasteiger partial charge in [-0.1, -0.05) is 18.2 Å². The molecule has 3 rings (SSSR count). The highest BCUT2D eigenvalue weighted by molar-refractivity contribution is 5.83. The molecule has 23 heavy (non-hydrogen) atoms. The van der Waals surface area contributed by atoms with E-state index in [1.54, 1.807) is 6.20 Å². The van der Waals surface area contributed by atoms with Gasteiger partial charge in [0, 0.05) is 24.2 Å². The minimum atomic E-state index is -0.560. The summed E-state index contributed by atoms with van der Waals surface area (Å²) in [5, 5.41) is 3.86. The Kier molecular flexibility index (Phi) is 4.88. The third-order valence-electron chi connectivity index (χ3n) is 3.65. The van der Waals surface area contributed by atoms with Crippen LogP contribution in [0.5, 0.6) is 5.75 Å². The van der Waals surface area contributed by atoms with Crippen molar-refractivity contribution in [1.82, 2.24) is 10.3 Å². The van der Waals surface area contributed by atoms with Gasteiger partial charge in [0.2, 0.25) is 0 Å². The molecule has 0 bridgehead atoms. The van der Waals surface area contributed by atoms with Gasteiger partial charge in [-0.3, -0.25) is 0 Å². The van der Waals surface area contributed by atoms with Gasteiger partial charge in [-0.15, -0.1) is 0 Å². The number of hydrogen-bond donors (Lipinski definition) is 2. The monoisotopic (exact) mass is 316 g/mol. The number of para-hydroxylation sites is 1. The van der Waals surface area contributed by atoms with E-state index in [4.69, 9.17) is 4.74 Å². The first-order chi connectivity index (χ1) is 11.2. The summed E-state index contributed by atoms with van der Waals surface area (Å²) in [4.78, 5) is 2.86. The largest absolute Gasteiger partial charge is 0.492 e. The van der Waals surface area contributed by atoms with Crippen LogP contribution >= 0.6 is 0 Å². The predicted octanol–water partition coefficient (Wildman–Crippen LogP) is 3.66. The van der Waals surface area contributed by atoms with Crippen molar-refractivity contribution in [3.63, 3.8) is 0 Å². The number of rotatable bonds is 7. The van der Waals surface area contributed by atoms with Crippen LogP contribution in [0.25, 0.3) is 10.9 Å². The second-order valence-electron chi connectivity index (χ2n) is 5.29. The molecule has 2 N–H and O–H groups in total. The molecule has 120 valence electrons.